The number of nitrogens with one attached hydrogen (secondary N) is 1. The molecule has 0 aliphatic carbocycles. The second kappa shape index (κ2) is 8.95. The summed E-state index contributed by atoms with van der Waals surface area (Å²) in [6, 6.07) is 9.44. The van der Waals surface area contributed by atoms with Crippen LogP contribution in [0.4, 0.5) is 0 Å². The predicted molar refractivity (Wildman–Crippen MR) is 75.6 cm³/mol. The van der Waals surface area contributed by atoms with Crippen LogP contribution in [-0.4, -0.2) is 25.7 Å². The first-order valence-electron chi connectivity index (χ1n) is 6.37. The van der Waals surface area contributed by atoms with Crippen LogP contribution in [-0.2, 0) is 11.3 Å². The van der Waals surface area contributed by atoms with Gasteiger partial charge in [-0.1, -0.05) is 12.1 Å². The van der Waals surface area contributed by atoms with Gasteiger partial charge < -0.3 is 15.8 Å². The number of ether oxygens (including phenoxy) is 1. The Balaban J connectivity index is 2.32. The molecular formula is C14H20N4O. The summed E-state index contributed by atoms with van der Waals surface area (Å²) in [7, 11) is 0. The summed E-state index contributed by atoms with van der Waals surface area (Å²) in [5, 5.41) is 11.8. The van der Waals surface area contributed by atoms with Crippen molar-refractivity contribution in [3.63, 3.8) is 0 Å². The normalized spacial score (nSPS) is 11.1. The summed E-state index contributed by atoms with van der Waals surface area (Å²) in [5.74, 6) is 0.416. The van der Waals surface area contributed by atoms with Gasteiger partial charge in [0.15, 0.2) is 5.96 Å². The van der Waals surface area contributed by atoms with Gasteiger partial charge in [0.2, 0.25) is 0 Å². The number of rotatable bonds is 7. The fourth-order valence-electron chi connectivity index (χ4n) is 1.51. The quantitative estimate of drug-likeness (QED) is 0.441. The topological polar surface area (TPSA) is 83.4 Å². The lowest BCUT2D eigenvalue weighted by atomic mass is 10.1. The molecule has 3 N–H and O–H groups in total. The smallest absolute Gasteiger partial charge is 0.188 e. The summed E-state index contributed by atoms with van der Waals surface area (Å²) in [5.41, 5.74) is 7.35. The molecule has 0 bridgehead atoms. The summed E-state index contributed by atoms with van der Waals surface area (Å²) in [6.07, 6.45) is 0.897. The minimum Gasteiger partial charge on any atom is -0.382 e. The molecule has 1 aromatic carbocycles. The lowest BCUT2D eigenvalue weighted by Gasteiger charge is -2.05. The molecule has 5 heteroatoms. The highest BCUT2D eigenvalue weighted by Gasteiger charge is 1.95. The monoisotopic (exact) mass is 260 g/mol. The number of nitrogens with two attached hydrogens (primary N) is 1. The number of nitriles is 1. The Hall–Kier alpha value is -2.06. The van der Waals surface area contributed by atoms with E-state index in [1.54, 1.807) is 6.07 Å². The van der Waals surface area contributed by atoms with Crippen LogP contribution >= 0.6 is 0 Å². The molecule has 0 spiro atoms. The van der Waals surface area contributed by atoms with Gasteiger partial charge in [0, 0.05) is 19.8 Å². The van der Waals surface area contributed by atoms with Crippen LogP contribution in [0.5, 0.6) is 0 Å². The average Bonchev–Trinajstić information content (AvgIpc) is 2.45. The molecule has 1 rings (SSSR count). The third kappa shape index (κ3) is 6.43. The Morgan fingerprint density at radius 3 is 3.11 bits per heavy atom. The molecule has 1 aromatic rings. The van der Waals surface area contributed by atoms with Gasteiger partial charge in [-0.05, 0) is 31.0 Å². The Labute approximate surface area is 114 Å². The van der Waals surface area contributed by atoms with Crippen molar-refractivity contribution in [1.29, 1.82) is 5.26 Å². The van der Waals surface area contributed by atoms with E-state index in [1.165, 1.54) is 0 Å². The van der Waals surface area contributed by atoms with E-state index in [0.29, 0.717) is 18.1 Å². The van der Waals surface area contributed by atoms with Crippen LogP contribution in [0.15, 0.2) is 29.3 Å². The zero-order valence-corrected chi connectivity index (χ0v) is 11.2. The number of guanidine groups is 1. The second-order valence-corrected chi connectivity index (χ2v) is 3.99. The molecule has 0 aliphatic rings. The highest BCUT2D eigenvalue weighted by atomic mass is 16.5. The highest BCUT2D eigenvalue weighted by Crippen LogP contribution is 2.05. The van der Waals surface area contributed by atoms with E-state index >= 15 is 0 Å². The Morgan fingerprint density at radius 1 is 1.53 bits per heavy atom. The molecule has 0 radical (unpaired) electrons. The number of hydrogen-bond acceptors (Lipinski definition) is 3. The fraction of sp³-hybridized carbons (Fsp3) is 0.429. The van der Waals surface area contributed by atoms with Crippen molar-refractivity contribution in [3.05, 3.63) is 35.4 Å². The molecule has 0 aliphatic heterocycles. The summed E-state index contributed by atoms with van der Waals surface area (Å²) < 4.78 is 5.22. The molecule has 0 fully saturated rings. The van der Waals surface area contributed by atoms with Gasteiger partial charge in [-0.15, -0.1) is 0 Å². The molecule has 102 valence electrons. The van der Waals surface area contributed by atoms with Crippen molar-refractivity contribution in [1.82, 2.24) is 5.32 Å². The number of benzene rings is 1. The molecule has 0 heterocycles. The average molecular weight is 260 g/mol. The molecule has 5 nitrogen and oxygen atoms in total. The Kier molecular flexibility index (Phi) is 7.06. The van der Waals surface area contributed by atoms with E-state index in [9.17, 15) is 0 Å². The molecule has 0 amide bonds. The lowest BCUT2D eigenvalue weighted by molar-refractivity contribution is 0.145. The fourth-order valence-corrected chi connectivity index (χ4v) is 1.51. The Morgan fingerprint density at radius 2 is 2.37 bits per heavy atom. The van der Waals surface area contributed by atoms with E-state index in [4.69, 9.17) is 15.7 Å². The molecule has 0 aromatic heterocycles. The number of aliphatic imine (C=N–C) groups is 1. The summed E-state index contributed by atoms with van der Waals surface area (Å²) >= 11 is 0. The summed E-state index contributed by atoms with van der Waals surface area (Å²) in [4.78, 5) is 4.22. The van der Waals surface area contributed by atoms with Crippen molar-refractivity contribution in [2.45, 2.75) is 19.9 Å². The molecule has 0 unspecified atom stereocenters. The Bertz CT molecular complexity index is 451. The van der Waals surface area contributed by atoms with Crippen molar-refractivity contribution in [2.75, 3.05) is 19.8 Å². The lowest BCUT2D eigenvalue weighted by Crippen LogP contribution is -2.32. The predicted octanol–water partition coefficient (Wildman–Crippen LogP) is 1.39. The molecule has 19 heavy (non-hydrogen) atoms. The maximum absolute atomic E-state index is 8.79. The van der Waals surface area contributed by atoms with Crippen LogP contribution in [0.3, 0.4) is 0 Å². The maximum atomic E-state index is 8.79. The van der Waals surface area contributed by atoms with E-state index in [-0.39, 0.29) is 0 Å². The van der Waals surface area contributed by atoms with E-state index < -0.39 is 0 Å². The van der Waals surface area contributed by atoms with Gasteiger partial charge in [-0.25, -0.2) is 4.99 Å². The van der Waals surface area contributed by atoms with Crippen molar-refractivity contribution >= 4 is 5.96 Å². The molecule has 0 atom stereocenters. The van der Waals surface area contributed by atoms with E-state index in [0.717, 1.165) is 31.7 Å². The first kappa shape index (κ1) is 15.0. The molecular weight excluding hydrogens is 240 g/mol. The van der Waals surface area contributed by atoms with E-state index in [2.05, 4.69) is 16.4 Å². The minimum atomic E-state index is 0.416. The number of hydrogen-bond donors (Lipinski definition) is 2. The van der Waals surface area contributed by atoms with Crippen LogP contribution in [0.1, 0.15) is 24.5 Å². The van der Waals surface area contributed by atoms with Crippen LogP contribution in [0.25, 0.3) is 0 Å². The van der Waals surface area contributed by atoms with E-state index in [1.807, 2.05) is 25.1 Å². The first-order chi connectivity index (χ1) is 9.26. The largest absolute Gasteiger partial charge is 0.382 e. The molecule has 0 saturated carbocycles. The van der Waals surface area contributed by atoms with Gasteiger partial charge in [0.05, 0.1) is 18.2 Å². The standard InChI is InChI=1S/C14H20N4O/c1-2-19-8-4-7-17-14(16)18-11-13-6-3-5-12(9-13)10-15/h3,5-6,9H,2,4,7-8,11H2,1H3,(H3,16,17,18). The van der Waals surface area contributed by atoms with Gasteiger partial charge in [0.25, 0.3) is 0 Å². The maximum Gasteiger partial charge on any atom is 0.188 e. The van der Waals surface area contributed by atoms with Gasteiger partial charge in [0.1, 0.15) is 0 Å². The molecule has 0 saturated heterocycles. The third-order valence-electron chi connectivity index (χ3n) is 2.46. The van der Waals surface area contributed by atoms with Crippen molar-refractivity contribution in [3.8, 4) is 6.07 Å². The zero-order valence-electron chi connectivity index (χ0n) is 11.2. The first-order valence-corrected chi connectivity index (χ1v) is 6.37. The van der Waals surface area contributed by atoms with Gasteiger partial charge in [-0.2, -0.15) is 5.26 Å². The SMILES string of the molecule is CCOCCCNC(N)=NCc1cccc(C#N)c1. The van der Waals surface area contributed by atoms with Gasteiger partial charge in [-0.3, -0.25) is 0 Å². The summed E-state index contributed by atoms with van der Waals surface area (Å²) in [6.45, 7) is 4.64. The minimum absolute atomic E-state index is 0.416. The van der Waals surface area contributed by atoms with Crippen LogP contribution in [0.2, 0.25) is 0 Å². The third-order valence-corrected chi connectivity index (χ3v) is 2.46. The zero-order chi connectivity index (χ0) is 13.9. The van der Waals surface area contributed by atoms with Crippen LogP contribution < -0.4 is 11.1 Å². The van der Waals surface area contributed by atoms with Gasteiger partial charge >= 0.3 is 0 Å². The van der Waals surface area contributed by atoms with Crippen molar-refractivity contribution < 1.29 is 4.74 Å². The second-order valence-electron chi connectivity index (χ2n) is 3.99. The van der Waals surface area contributed by atoms with Crippen molar-refractivity contribution in [2.24, 2.45) is 10.7 Å². The number of nitrogens with zero attached hydrogens (tertiary/aromatic N) is 2. The highest BCUT2D eigenvalue weighted by molar-refractivity contribution is 5.77. The van der Waals surface area contributed by atoms with Crippen LogP contribution in [0, 0.1) is 11.3 Å².